The first-order valence-electron chi connectivity index (χ1n) is 10.5. The number of thiophene rings is 1. The van der Waals surface area contributed by atoms with Crippen molar-refractivity contribution in [3.05, 3.63) is 29.6 Å². The van der Waals surface area contributed by atoms with Crippen LogP contribution < -0.4 is 4.90 Å². The molecule has 2 fully saturated rings. The highest BCUT2D eigenvalue weighted by atomic mass is 35.5. The van der Waals surface area contributed by atoms with E-state index in [0.29, 0.717) is 19.4 Å². The van der Waals surface area contributed by atoms with Gasteiger partial charge < -0.3 is 14.5 Å². The highest BCUT2D eigenvalue weighted by molar-refractivity contribution is 7.17. The standard InChI is InChI=1S/C22H29N3O3S.ClH/c1-28-22(27)19-7-8-21(26)25(19)11-3-2-10-23-12-14-24(15-13-23)18-5-4-6-20-17(18)9-16-29-20;/h4-6,9,16,19H,2-3,7-8,10-15H2,1H3;1H. The molecule has 1 amide bonds. The lowest BCUT2D eigenvalue weighted by molar-refractivity contribution is -0.149. The number of hydrogen-bond donors (Lipinski definition) is 0. The summed E-state index contributed by atoms with van der Waals surface area (Å²) in [7, 11) is 1.39. The maximum absolute atomic E-state index is 12.0. The Morgan fingerprint density at radius 3 is 2.67 bits per heavy atom. The molecule has 0 aliphatic carbocycles. The van der Waals surface area contributed by atoms with Crippen LogP contribution in [-0.2, 0) is 14.3 Å². The van der Waals surface area contributed by atoms with Gasteiger partial charge in [0.2, 0.25) is 5.91 Å². The number of piperazine rings is 1. The molecule has 2 saturated heterocycles. The van der Waals surface area contributed by atoms with E-state index in [1.165, 1.54) is 22.9 Å². The molecule has 6 nitrogen and oxygen atoms in total. The van der Waals surface area contributed by atoms with Crippen molar-refractivity contribution in [3.8, 4) is 0 Å². The minimum atomic E-state index is -0.379. The number of amides is 1. The number of carbonyl (C=O) groups is 2. The fraction of sp³-hybridized carbons (Fsp3) is 0.545. The van der Waals surface area contributed by atoms with Gasteiger partial charge in [0, 0.05) is 54.9 Å². The van der Waals surface area contributed by atoms with Crippen molar-refractivity contribution < 1.29 is 14.3 Å². The maximum Gasteiger partial charge on any atom is 0.328 e. The molecular weight excluding hydrogens is 422 g/mol. The second-order valence-electron chi connectivity index (χ2n) is 7.81. The molecular formula is C22H30ClN3O3S. The maximum atomic E-state index is 12.0. The quantitative estimate of drug-likeness (QED) is 0.477. The van der Waals surface area contributed by atoms with Crippen molar-refractivity contribution in [2.75, 3.05) is 51.3 Å². The van der Waals surface area contributed by atoms with Crippen LogP contribution in [0.4, 0.5) is 5.69 Å². The number of carbonyl (C=O) groups excluding carboxylic acids is 2. The molecule has 0 saturated carbocycles. The number of benzene rings is 1. The van der Waals surface area contributed by atoms with Crippen LogP contribution in [-0.4, -0.2) is 74.1 Å². The summed E-state index contributed by atoms with van der Waals surface area (Å²) >= 11 is 1.80. The van der Waals surface area contributed by atoms with Crippen molar-refractivity contribution in [1.82, 2.24) is 9.80 Å². The number of methoxy groups -OCH3 is 1. The number of hydrogen-bond acceptors (Lipinski definition) is 6. The second-order valence-corrected chi connectivity index (χ2v) is 8.76. The van der Waals surface area contributed by atoms with Crippen molar-refractivity contribution >= 4 is 51.4 Å². The van der Waals surface area contributed by atoms with Crippen LogP contribution in [0.3, 0.4) is 0 Å². The minimum absolute atomic E-state index is 0. The molecule has 30 heavy (non-hydrogen) atoms. The summed E-state index contributed by atoms with van der Waals surface area (Å²) in [6.07, 6.45) is 3.01. The van der Waals surface area contributed by atoms with Crippen molar-refractivity contribution in [2.24, 2.45) is 0 Å². The zero-order valence-corrected chi connectivity index (χ0v) is 19.1. The van der Waals surface area contributed by atoms with E-state index in [4.69, 9.17) is 4.74 Å². The van der Waals surface area contributed by atoms with Crippen LogP contribution in [0.1, 0.15) is 25.7 Å². The molecule has 0 radical (unpaired) electrons. The van der Waals surface area contributed by atoms with Gasteiger partial charge in [0.05, 0.1) is 7.11 Å². The number of rotatable bonds is 7. The number of esters is 1. The first-order valence-corrected chi connectivity index (χ1v) is 11.4. The van der Waals surface area contributed by atoms with E-state index in [1.807, 2.05) is 0 Å². The highest BCUT2D eigenvalue weighted by Gasteiger charge is 2.36. The molecule has 0 bridgehead atoms. The Morgan fingerprint density at radius 1 is 1.13 bits per heavy atom. The van der Waals surface area contributed by atoms with E-state index in [0.717, 1.165) is 45.6 Å². The van der Waals surface area contributed by atoms with E-state index in [2.05, 4.69) is 39.4 Å². The van der Waals surface area contributed by atoms with Crippen LogP contribution in [0.25, 0.3) is 10.1 Å². The number of likely N-dealkylation sites (tertiary alicyclic amines) is 1. The predicted molar refractivity (Wildman–Crippen MR) is 124 cm³/mol. The molecule has 1 atom stereocenters. The molecule has 4 rings (SSSR count). The molecule has 2 aliphatic rings. The number of nitrogens with zero attached hydrogens (tertiary/aromatic N) is 3. The Balaban J connectivity index is 0.00000256. The average Bonchev–Trinajstić information content (AvgIpc) is 3.37. The van der Waals surface area contributed by atoms with Gasteiger partial charge >= 0.3 is 5.97 Å². The minimum Gasteiger partial charge on any atom is -0.467 e. The predicted octanol–water partition coefficient (Wildman–Crippen LogP) is 3.39. The first kappa shape index (κ1) is 22.8. The van der Waals surface area contributed by atoms with Gasteiger partial charge in [-0.3, -0.25) is 9.69 Å². The number of ether oxygens (including phenoxy) is 1. The Labute approximate surface area is 188 Å². The Kier molecular flexibility index (Phi) is 7.97. The van der Waals surface area contributed by atoms with Crippen LogP contribution in [0, 0.1) is 0 Å². The summed E-state index contributed by atoms with van der Waals surface area (Å²) in [4.78, 5) is 30.6. The third-order valence-corrected chi connectivity index (χ3v) is 6.99. The van der Waals surface area contributed by atoms with E-state index < -0.39 is 0 Å². The van der Waals surface area contributed by atoms with Crippen molar-refractivity contribution in [1.29, 1.82) is 0 Å². The van der Waals surface area contributed by atoms with E-state index in [-0.39, 0.29) is 30.3 Å². The zero-order chi connectivity index (χ0) is 20.2. The summed E-state index contributed by atoms with van der Waals surface area (Å²) in [6, 6.07) is 8.42. The molecule has 0 N–H and O–H groups in total. The Morgan fingerprint density at radius 2 is 1.90 bits per heavy atom. The number of fused-ring (bicyclic) bond motifs is 1. The highest BCUT2D eigenvalue weighted by Crippen LogP contribution is 2.31. The molecule has 0 spiro atoms. The molecule has 1 unspecified atom stereocenters. The lowest BCUT2D eigenvalue weighted by Crippen LogP contribution is -2.46. The molecule has 2 aromatic rings. The fourth-order valence-electron chi connectivity index (χ4n) is 4.48. The third-order valence-electron chi connectivity index (χ3n) is 6.11. The molecule has 164 valence electrons. The number of unbranched alkanes of at least 4 members (excludes halogenated alkanes) is 1. The van der Waals surface area contributed by atoms with Gasteiger partial charge in [0.15, 0.2) is 0 Å². The van der Waals surface area contributed by atoms with Crippen LogP contribution in [0.2, 0.25) is 0 Å². The van der Waals surface area contributed by atoms with E-state index in [9.17, 15) is 9.59 Å². The second kappa shape index (κ2) is 10.5. The Bertz CT molecular complexity index is 866. The van der Waals surface area contributed by atoms with E-state index >= 15 is 0 Å². The smallest absolute Gasteiger partial charge is 0.328 e. The topological polar surface area (TPSA) is 53.1 Å². The van der Waals surface area contributed by atoms with Gasteiger partial charge in [-0.25, -0.2) is 4.79 Å². The summed E-state index contributed by atoms with van der Waals surface area (Å²) in [5.74, 6) is -0.204. The van der Waals surface area contributed by atoms with Crippen LogP contribution in [0.5, 0.6) is 0 Å². The number of halogens is 1. The van der Waals surface area contributed by atoms with Gasteiger partial charge in [-0.1, -0.05) is 6.07 Å². The number of anilines is 1. The van der Waals surface area contributed by atoms with Gasteiger partial charge in [0.1, 0.15) is 6.04 Å². The molecule has 2 aliphatic heterocycles. The largest absolute Gasteiger partial charge is 0.467 e. The van der Waals surface area contributed by atoms with Gasteiger partial charge in [-0.2, -0.15) is 0 Å². The normalized spacial score (nSPS) is 19.9. The summed E-state index contributed by atoms with van der Waals surface area (Å²) in [6.45, 7) is 5.91. The fourth-order valence-corrected chi connectivity index (χ4v) is 5.29. The lowest BCUT2D eigenvalue weighted by Gasteiger charge is -2.36. The SMILES string of the molecule is COC(=O)C1CCC(=O)N1CCCCN1CCN(c2cccc3sccc23)CC1.Cl. The summed E-state index contributed by atoms with van der Waals surface area (Å²) in [5, 5.41) is 3.53. The van der Waals surface area contributed by atoms with Crippen LogP contribution in [0.15, 0.2) is 29.6 Å². The monoisotopic (exact) mass is 451 g/mol. The van der Waals surface area contributed by atoms with Gasteiger partial charge in [-0.05, 0) is 49.4 Å². The van der Waals surface area contributed by atoms with Crippen molar-refractivity contribution in [3.63, 3.8) is 0 Å². The first-order chi connectivity index (χ1) is 14.2. The van der Waals surface area contributed by atoms with Crippen molar-refractivity contribution in [2.45, 2.75) is 31.7 Å². The van der Waals surface area contributed by atoms with Crippen LogP contribution >= 0.6 is 23.7 Å². The average molecular weight is 452 g/mol. The molecule has 8 heteroatoms. The molecule has 3 heterocycles. The zero-order valence-electron chi connectivity index (χ0n) is 17.4. The third kappa shape index (κ3) is 4.90. The van der Waals surface area contributed by atoms with E-state index in [1.54, 1.807) is 16.2 Å². The summed E-state index contributed by atoms with van der Waals surface area (Å²) in [5.41, 5.74) is 1.35. The lowest BCUT2D eigenvalue weighted by atomic mass is 10.1. The Hall–Kier alpha value is -1.83. The van der Waals surface area contributed by atoms with Gasteiger partial charge in [-0.15, -0.1) is 23.7 Å². The summed E-state index contributed by atoms with van der Waals surface area (Å²) < 4.78 is 6.19. The van der Waals surface area contributed by atoms with Gasteiger partial charge in [0.25, 0.3) is 0 Å². The molecule has 1 aromatic carbocycles. The molecule has 1 aromatic heterocycles.